The van der Waals surface area contributed by atoms with E-state index in [9.17, 15) is 35.2 Å². The van der Waals surface area contributed by atoms with Gasteiger partial charge in [0.25, 0.3) is 11.6 Å². The summed E-state index contributed by atoms with van der Waals surface area (Å²) in [5, 5.41) is 45.5. The van der Waals surface area contributed by atoms with Crippen molar-refractivity contribution in [3.63, 3.8) is 0 Å². The highest BCUT2D eigenvalue weighted by molar-refractivity contribution is 6.03. The van der Waals surface area contributed by atoms with Gasteiger partial charge in [-0.1, -0.05) is 42.3 Å². The van der Waals surface area contributed by atoms with Crippen molar-refractivity contribution in [1.29, 1.82) is 5.26 Å². The van der Waals surface area contributed by atoms with E-state index in [0.717, 1.165) is 43.1 Å². The summed E-state index contributed by atoms with van der Waals surface area (Å²) in [7, 11) is 1.70. The smallest absolute Gasteiger partial charge is 0.269 e. The number of aliphatic hydroxyl groups is 2. The maximum absolute atomic E-state index is 14.6. The molecule has 332 valence electrons. The number of aldehydes is 1. The molecule has 2 aliphatic carbocycles. The summed E-state index contributed by atoms with van der Waals surface area (Å²) in [5.74, 6) is -1.26. The first-order valence-corrected chi connectivity index (χ1v) is 21.6. The highest BCUT2D eigenvalue weighted by atomic mass is 16.7. The Balaban J connectivity index is 1.41. The second-order valence-electron chi connectivity index (χ2n) is 16.4. The van der Waals surface area contributed by atoms with Gasteiger partial charge in [0.1, 0.15) is 36.2 Å². The van der Waals surface area contributed by atoms with Gasteiger partial charge in [-0.2, -0.15) is 5.26 Å². The Bertz CT molecular complexity index is 2430. The van der Waals surface area contributed by atoms with Crippen molar-refractivity contribution in [2.24, 2.45) is 22.9 Å². The summed E-state index contributed by atoms with van der Waals surface area (Å²) in [6, 6.07) is 26.3. The van der Waals surface area contributed by atoms with E-state index in [-0.39, 0.29) is 62.2 Å². The van der Waals surface area contributed by atoms with Crippen LogP contribution in [0.1, 0.15) is 88.3 Å². The van der Waals surface area contributed by atoms with Crippen molar-refractivity contribution >= 4 is 23.6 Å². The Morgan fingerprint density at radius 1 is 1.02 bits per heavy atom. The normalized spacial score (nSPS) is 22.4. The number of nitro benzene ring substituents is 1. The Kier molecular flexibility index (Phi) is 14.7. The molecule has 0 saturated heterocycles. The Hall–Kier alpha value is -6.66. The minimum atomic E-state index is -1.50. The highest BCUT2D eigenvalue weighted by Crippen LogP contribution is 2.62. The number of aliphatic hydroxyl groups excluding tert-OH is 2. The number of amides is 1. The van der Waals surface area contributed by atoms with E-state index >= 15 is 0 Å². The molecule has 2 N–H and O–H groups in total. The van der Waals surface area contributed by atoms with E-state index in [1.165, 1.54) is 12.1 Å². The van der Waals surface area contributed by atoms with Crippen LogP contribution in [0, 0.1) is 39.2 Å². The molecule has 0 aromatic heterocycles. The molecule has 0 spiro atoms. The zero-order chi connectivity index (χ0) is 45.2. The number of hydrogen-bond acceptors (Lipinski definition) is 12. The lowest BCUT2D eigenvalue weighted by Gasteiger charge is -2.59. The van der Waals surface area contributed by atoms with Crippen molar-refractivity contribution in [1.82, 2.24) is 4.90 Å². The molecule has 1 fully saturated rings. The third-order valence-electron chi connectivity index (χ3n) is 12.5. The molecule has 1 saturated carbocycles. The zero-order valence-electron chi connectivity index (χ0n) is 35.7. The van der Waals surface area contributed by atoms with Gasteiger partial charge in [0.2, 0.25) is 5.79 Å². The van der Waals surface area contributed by atoms with Gasteiger partial charge in [0, 0.05) is 61.4 Å². The molecular weight excluding hydrogens is 817 g/mol. The first-order chi connectivity index (χ1) is 31.1. The zero-order valence-corrected chi connectivity index (χ0v) is 35.7. The largest absolute Gasteiger partial charge is 0.459 e. The van der Waals surface area contributed by atoms with Gasteiger partial charge in [-0.25, -0.2) is 0 Å². The first-order valence-electron chi connectivity index (χ1n) is 21.6. The molecule has 1 heterocycles. The number of allylic oxidation sites excluding steroid dienone is 1. The molecule has 1 aliphatic heterocycles. The molecule has 6 unspecified atom stereocenters. The highest BCUT2D eigenvalue weighted by Gasteiger charge is 2.65. The van der Waals surface area contributed by atoms with Crippen LogP contribution >= 0.6 is 0 Å². The Morgan fingerprint density at radius 3 is 2.44 bits per heavy atom. The Morgan fingerprint density at radius 2 is 1.75 bits per heavy atom. The molecule has 14 heteroatoms. The average molecular weight is 869 g/mol. The van der Waals surface area contributed by atoms with Crippen molar-refractivity contribution in [2.75, 3.05) is 26.9 Å². The molecule has 64 heavy (non-hydrogen) atoms. The summed E-state index contributed by atoms with van der Waals surface area (Å²) < 4.78 is 20.6. The molecule has 6 atom stereocenters. The second-order valence-corrected chi connectivity index (χ2v) is 16.4. The lowest BCUT2D eigenvalue weighted by atomic mass is 9.55. The topological polar surface area (TPSA) is 194 Å². The number of nitriles is 1. The predicted octanol–water partition coefficient (Wildman–Crippen LogP) is 8.68. The fourth-order valence-electron chi connectivity index (χ4n) is 9.51. The van der Waals surface area contributed by atoms with Crippen molar-refractivity contribution < 1.29 is 43.8 Å². The van der Waals surface area contributed by atoms with E-state index in [0.29, 0.717) is 58.1 Å². The Labute approximate surface area is 372 Å². The standard InChI is InChI=1S/C50H52N4O10/c1-3-25-61-50-46(53(2)49(58)36-17-13-33(30-51)14-18-36)29-44(52-62-32-34-15-19-38(20-16-34)54(59)60)42-27-37(10-4-6-23-55)41(12-5-7-24-56)47(48(42)50)43-28-40(21-22-45(43)64-50)63-39-11-8-9-35(26-39)31-57/h3,8-9,11,13-22,26-28,31,37,41,46-48,55-56H,1,4-7,10,12,23-25,29,32H2,2H3. The summed E-state index contributed by atoms with van der Waals surface area (Å²) in [5.41, 5.74) is 4.12. The number of non-ortho nitro benzene ring substituents is 1. The van der Waals surface area contributed by atoms with Crippen LogP contribution in [0.3, 0.4) is 0 Å². The van der Waals surface area contributed by atoms with Gasteiger partial charge in [0.15, 0.2) is 0 Å². The van der Waals surface area contributed by atoms with Crippen LogP contribution < -0.4 is 9.47 Å². The van der Waals surface area contributed by atoms with E-state index in [4.69, 9.17) is 24.2 Å². The predicted molar refractivity (Wildman–Crippen MR) is 238 cm³/mol. The average Bonchev–Trinajstić information content (AvgIpc) is 3.32. The number of benzene rings is 4. The van der Waals surface area contributed by atoms with Gasteiger partial charge in [-0.05, 0) is 115 Å². The number of nitro groups is 1. The van der Waals surface area contributed by atoms with E-state index in [2.05, 4.69) is 18.7 Å². The molecule has 4 aromatic rings. The summed E-state index contributed by atoms with van der Waals surface area (Å²) in [6.07, 6.45) is 8.97. The van der Waals surface area contributed by atoms with Gasteiger partial charge in [-0.15, -0.1) is 6.58 Å². The molecule has 4 aromatic carbocycles. The third kappa shape index (κ3) is 9.62. The number of carbonyl (C=O) groups excluding carboxylic acids is 2. The van der Waals surface area contributed by atoms with Crippen molar-refractivity contribution in [3.05, 3.63) is 153 Å². The van der Waals surface area contributed by atoms with E-state index in [1.807, 2.05) is 12.1 Å². The maximum Gasteiger partial charge on any atom is 0.269 e. The summed E-state index contributed by atoms with van der Waals surface area (Å²) in [4.78, 5) is 44.8. The maximum atomic E-state index is 14.6. The minimum absolute atomic E-state index is 0.0146. The molecule has 14 nitrogen and oxygen atoms in total. The van der Waals surface area contributed by atoms with Crippen LogP contribution in [0.15, 0.2) is 120 Å². The van der Waals surface area contributed by atoms with E-state index < -0.39 is 22.7 Å². The van der Waals surface area contributed by atoms with E-state index in [1.54, 1.807) is 84.8 Å². The van der Waals surface area contributed by atoms with Crippen LogP contribution in [0.25, 0.3) is 0 Å². The van der Waals surface area contributed by atoms with Gasteiger partial charge < -0.3 is 34.2 Å². The lowest BCUT2D eigenvalue weighted by Crippen LogP contribution is -2.69. The quantitative estimate of drug-likeness (QED) is 0.0284. The van der Waals surface area contributed by atoms with Crippen LogP contribution in [0.5, 0.6) is 17.2 Å². The number of fused-ring (bicyclic) bond motifs is 2. The second kappa shape index (κ2) is 20.7. The lowest BCUT2D eigenvalue weighted by molar-refractivity contribution is -0.384. The molecule has 3 aliphatic rings. The summed E-state index contributed by atoms with van der Waals surface area (Å²) >= 11 is 0. The summed E-state index contributed by atoms with van der Waals surface area (Å²) in [6.45, 7) is 4.16. The number of rotatable bonds is 20. The third-order valence-corrected chi connectivity index (χ3v) is 12.5. The van der Waals surface area contributed by atoms with Crippen LogP contribution in [-0.4, -0.2) is 76.6 Å². The molecule has 0 radical (unpaired) electrons. The van der Waals surface area contributed by atoms with Gasteiger partial charge >= 0.3 is 0 Å². The van der Waals surface area contributed by atoms with Crippen molar-refractivity contribution in [2.45, 2.75) is 69.3 Å². The fraction of sp³-hybridized carbons (Fsp3) is 0.360. The van der Waals surface area contributed by atoms with Crippen LogP contribution in [0.4, 0.5) is 5.69 Å². The molecule has 0 bridgehead atoms. The SMILES string of the molecule is C=CCOC12Oc3ccc(Oc4cccc(C=O)c4)cc3C3C(CCCCO)C(CCCCO)C=C(C(=NOCc4ccc([N+](=O)[O-])cc4)CC1N(C)C(=O)c1ccc(C#N)cc1)C32. The van der Waals surface area contributed by atoms with Crippen LogP contribution in [-0.2, 0) is 16.2 Å². The molecule has 7 rings (SSSR count). The molecule has 1 amide bonds. The van der Waals surface area contributed by atoms with Crippen LogP contribution in [0.2, 0.25) is 0 Å². The number of carbonyl (C=O) groups is 2. The minimum Gasteiger partial charge on any atom is -0.459 e. The number of ether oxygens (including phenoxy) is 3. The van der Waals surface area contributed by atoms with Gasteiger partial charge in [-0.3, -0.25) is 19.7 Å². The number of hydrogen-bond donors (Lipinski definition) is 2. The first kappa shape index (κ1) is 45.4. The van der Waals surface area contributed by atoms with Crippen molar-refractivity contribution in [3.8, 4) is 23.3 Å². The number of oxime groups is 1. The number of likely N-dealkylation sites (N-methyl/N-ethyl adjacent to an activating group) is 1. The van der Waals surface area contributed by atoms with Gasteiger partial charge in [0.05, 0.1) is 34.8 Å². The fourth-order valence-corrected chi connectivity index (χ4v) is 9.51. The molecular formula is C50H52N4O10. The number of unbranched alkanes of at least 4 members (excludes halogenated alkanes) is 2. The monoisotopic (exact) mass is 868 g/mol. The number of nitrogens with zero attached hydrogens (tertiary/aromatic N) is 4.